The van der Waals surface area contributed by atoms with Gasteiger partial charge in [0.15, 0.2) is 6.29 Å². The number of nitrogens with zero attached hydrogens (tertiary/aromatic N) is 1. The first kappa shape index (κ1) is 11.7. The van der Waals surface area contributed by atoms with Gasteiger partial charge in [-0.2, -0.15) is 0 Å². The van der Waals surface area contributed by atoms with Crippen molar-refractivity contribution in [3.63, 3.8) is 0 Å². The van der Waals surface area contributed by atoms with Crippen LogP contribution in [0.5, 0.6) is 0 Å². The van der Waals surface area contributed by atoms with Crippen molar-refractivity contribution in [3.05, 3.63) is 35.9 Å². The van der Waals surface area contributed by atoms with Crippen molar-refractivity contribution >= 4 is 6.21 Å². The van der Waals surface area contributed by atoms with Gasteiger partial charge >= 0.3 is 0 Å². The van der Waals surface area contributed by atoms with Crippen LogP contribution < -0.4 is 0 Å². The van der Waals surface area contributed by atoms with Crippen molar-refractivity contribution in [2.45, 2.75) is 13.2 Å². The highest BCUT2D eigenvalue weighted by molar-refractivity contribution is 5.78. The molecule has 2 rings (SSSR count). The molecule has 82 valence electrons. The van der Waals surface area contributed by atoms with Crippen LogP contribution >= 0.6 is 0 Å². The highest BCUT2D eigenvalue weighted by Crippen LogP contribution is 1.99. The van der Waals surface area contributed by atoms with Gasteiger partial charge in [0.05, 0.1) is 19.4 Å². The lowest BCUT2D eigenvalue weighted by molar-refractivity contribution is -0.0254. The van der Waals surface area contributed by atoms with Gasteiger partial charge in [0.2, 0.25) is 0 Å². The van der Waals surface area contributed by atoms with E-state index in [1.165, 1.54) is 6.21 Å². The minimum Gasteiger partial charge on any atom is -0.411 e. The Kier molecular flexibility index (Phi) is 5.43. The van der Waals surface area contributed by atoms with Gasteiger partial charge in [0.1, 0.15) is 0 Å². The summed E-state index contributed by atoms with van der Waals surface area (Å²) in [5.74, 6) is 0. The zero-order chi connectivity index (χ0) is 10.9. The molecule has 0 saturated carbocycles. The third-order valence-corrected chi connectivity index (χ3v) is 1.79. The van der Waals surface area contributed by atoms with E-state index in [1.54, 1.807) is 0 Å². The Hall–Kier alpha value is -1.39. The van der Waals surface area contributed by atoms with E-state index in [1.807, 2.05) is 37.3 Å². The number of rotatable bonds is 1. The first-order valence-electron chi connectivity index (χ1n) is 4.78. The van der Waals surface area contributed by atoms with Crippen molar-refractivity contribution in [2.24, 2.45) is 5.16 Å². The molecular formula is C11H15NO3. The van der Waals surface area contributed by atoms with E-state index in [0.717, 1.165) is 18.8 Å². The molecule has 1 aliphatic rings. The van der Waals surface area contributed by atoms with E-state index in [0.29, 0.717) is 0 Å². The molecular weight excluding hydrogens is 194 g/mol. The van der Waals surface area contributed by atoms with Crippen LogP contribution in [0.25, 0.3) is 0 Å². The fourth-order valence-electron chi connectivity index (χ4n) is 1.08. The quantitative estimate of drug-likeness (QED) is 0.436. The van der Waals surface area contributed by atoms with E-state index < -0.39 is 0 Å². The van der Waals surface area contributed by atoms with E-state index >= 15 is 0 Å². The number of benzene rings is 1. The Morgan fingerprint density at radius 2 is 1.87 bits per heavy atom. The van der Waals surface area contributed by atoms with Crippen molar-refractivity contribution < 1.29 is 14.7 Å². The van der Waals surface area contributed by atoms with Gasteiger partial charge < -0.3 is 14.7 Å². The topological polar surface area (TPSA) is 51.0 Å². The lowest BCUT2D eigenvalue weighted by Gasteiger charge is -1.94. The summed E-state index contributed by atoms with van der Waals surface area (Å²) in [4.78, 5) is 0. The molecule has 0 amide bonds. The Bertz CT molecular complexity index is 281. The van der Waals surface area contributed by atoms with Crippen molar-refractivity contribution in [1.29, 1.82) is 0 Å². The minimum absolute atomic E-state index is 0.0463. The molecule has 1 aromatic rings. The van der Waals surface area contributed by atoms with Gasteiger partial charge in [-0.05, 0) is 12.5 Å². The molecule has 0 bridgehead atoms. The number of hydrogen-bond donors (Lipinski definition) is 1. The van der Waals surface area contributed by atoms with Crippen LogP contribution in [-0.4, -0.2) is 30.9 Å². The maximum atomic E-state index is 8.09. The summed E-state index contributed by atoms with van der Waals surface area (Å²) in [6.07, 6.45) is 1.44. The molecule has 0 aliphatic carbocycles. The van der Waals surface area contributed by atoms with Crippen LogP contribution in [0.2, 0.25) is 0 Å². The molecule has 0 unspecified atom stereocenters. The largest absolute Gasteiger partial charge is 0.411 e. The smallest absolute Gasteiger partial charge is 0.155 e. The fraction of sp³-hybridized carbons (Fsp3) is 0.364. The van der Waals surface area contributed by atoms with E-state index in [2.05, 4.69) is 5.16 Å². The third kappa shape index (κ3) is 5.15. The Morgan fingerprint density at radius 3 is 2.27 bits per heavy atom. The third-order valence-electron chi connectivity index (χ3n) is 1.79. The van der Waals surface area contributed by atoms with Crippen LogP contribution in [0.15, 0.2) is 35.5 Å². The maximum Gasteiger partial charge on any atom is 0.155 e. The van der Waals surface area contributed by atoms with E-state index in [9.17, 15) is 0 Å². The molecule has 0 spiro atoms. The van der Waals surface area contributed by atoms with Gasteiger partial charge in [0, 0.05) is 0 Å². The number of hydrogen-bond acceptors (Lipinski definition) is 4. The first-order chi connectivity index (χ1) is 7.33. The summed E-state index contributed by atoms with van der Waals surface area (Å²) in [5, 5.41) is 11.0. The fourth-order valence-corrected chi connectivity index (χ4v) is 1.08. The summed E-state index contributed by atoms with van der Waals surface area (Å²) in [5.41, 5.74) is 0.903. The van der Waals surface area contributed by atoms with E-state index in [-0.39, 0.29) is 6.29 Å². The van der Waals surface area contributed by atoms with Crippen LogP contribution in [0.3, 0.4) is 0 Å². The number of ether oxygens (including phenoxy) is 2. The Labute approximate surface area is 89.1 Å². The second kappa shape index (κ2) is 6.98. The van der Waals surface area contributed by atoms with Gasteiger partial charge in [-0.1, -0.05) is 35.5 Å². The van der Waals surface area contributed by atoms with Crippen LogP contribution in [0.1, 0.15) is 12.5 Å². The Balaban J connectivity index is 0.000000162. The zero-order valence-corrected chi connectivity index (χ0v) is 8.67. The molecule has 15 heavy (non-hydrogen) atoms. The van der Waals surface area contributed by atoms with Crippen molar-refractivity contribution in [1.82, 2.24) is 0 Å². The summed E-state index contributed by atoms with van der Waals surface area (Å²) in [6.45, 7) is 3.43. The second-order valence-electron chi connectivity index (χ2n) is 2.96. The predicted octanol–water partition coefficient (Wildman–Crippen LogP) is 1.87. The monoisotopic (exact) mass is 209 g/mol. The normalized spacial score (nSPS) is 16.3. The van der Waals surface area contributed by atoms with Crippen LogP contribution in [0, 0.1) is 0 Å². The average molecular weight is 209 g/mol. The second-order valence-corrected chi connectivity index (χ2v) is 2.96. The van der Waals surface area contributed by atoms with Gasteiger partial charge in [-0.25, -0.2) is 0 Å². The van der Waals surface area contributed by atoms with Crippen molar-refractivity contribution in [3.8, 4) is 0 Å². The average Bonchev–Trinajstić information content (AvgIpc) is 2.72. The maximum absolute atomic E-state index is 8.09. The molecule has 0 radical (unpaired) electrons. The highest BCUT2D eigenvalue weighted by atomic mass is 16.7. The standard InChI is InChI=1S/C7H7NO.C4H8O2/c9-8-6-7-4-2-1-3-5-7;1-4-5-2-3-6-4/h1-6,9H;4H,2-3H2,1H3/b8-6+;. The summed E-state index contributed by atoms with van der Waals surface area (Å²) in [7, 11) is 0. The molecule has 1 heterocycles. The first-order valence-corrected chi connectivity index (χ1v) is 4.78. The summed E-state index contributed by atoms with van der Waals surface area (Å²) < 4.78 is 9.86. The molecule has 0 atom stereocenters. The molecule has 1 aromatic carbocycles. The molecule has 4 nitrogen and oxygen atoms in total. The SMILES string of the molecule is CC1OCCO1.O/N=C/c1ccccc1. The molecule has 1 N–H and O–H groups in total. The lowest BCUT2D eigenvalue weighted by atomic mass is 10.2. The predicted molar refractivity (Wildman–Crippen MR) is 57.2 cm³/mol. The van der Waals surface area contributed by atoms with Crippen LogP contribution in [0.4, 0.5) is 0 Å². The van der Waals surface area contributed by atoms with Gasteiger partial charge in [0.25, 0.3) is 0 Å². The number of oxime groups is 1. The van der Waals surface area contributed by atoms with Crippen molar-refractivity contribution in [2.75, 3.05) is 13.2 Å². The highest BCUT2D eigenvalue weighted by Gasteiger charge is 2.07. The summed E-state index contributed by atoms with van der Waals surface area (Å²) in [6, 6.07) is 9.40. The molecule has 0 aromatic heterocycles. The van der Waals surface area contributed by atoms with Gasteiger partial charge in [-0.15, -0.1) is 0 Å². The van der Waals surface area contributed by atoms with Crippen LogP contribution in [-0.2, 0) is 9.47 Å². The minimum atomic E-state index is 0.0463. The summed E-state index contributed by atoms with van der Waals surface area (Å²) >= 11 is 0. The zero-order valence-electron chi connectivity index (χ0n) is 8.67. The van der Waals surface area contributed by atoms with Gasteiger partial charge in [-0.3, -0.25) is 0 Å². The molecule has 4 heteroatoms. The Morgan fingerprint density at radius 1 is 1.27 bits per heavy atom. The molecule has 1 saturated heterocycles. The molecule has 1 fully saturated rings. The van der Waals surface area contributed by atoms with E-state index in [4.69, 9.17) is 14.7 Å². The lowest BCUT2D eigenvalue weighted by Crippen LogP contribution is -1.97. The molecule has 1 aliphatic heterocycles.